The van der Waals surface area contributed by atoms with E-state index in [1.807, 2.05) is 12.3 Å². The molecule has 2 heterocycles. The first-order valence-corrected chi connectivity index (χ1v) is 4.11. The lowest BCUT2D eigenvalue weighted by Gasteiger charge is -2.03. The topological polar surface area (TPSA) is 42.2 Å². The lowest BCUT2D eigenvalue weighted by Crippen LogP contribution is -2.08. The molecule has 12 heavy (non-hydrogen) atoms. The Morgan fingerprint density at radius 1 is 1.75 bits per heavy atom. The molecule has 3 heteroatoms. The number of carboxylic acids is 1. The molecule has 1 aromatic heterocycles. The van der Waals surface area contributed by atoms with Crippen LogP contribution < -0.4 is 0 Å². The molecule has 0 amide bonds. The van der Waals surface area contributed by atoms with E-state index in [0.717, 1.165) is 13.0 Å². The van der Waals surface area contributed by atoms with Crippen LogP contribution in [0, 0.1) is 5.92 Å². The van der Waals surface area contributed by atoms with Gasteiger partial charge in [-0.15, -0.1) is 0 Å². The van der Waals surface area contributed by atoms with E-state index < -0.39 is 5.97 Å². The van der Waals surface area contributed by atoms with E-state index in [1.54, 1.807) is 0 Å². The van der Waals surface area contributed by atoms with Crippen LogP contribution in [0.5, 0.6) is 0 Å². The third kappa shape index (κ3) is 1.22. The average molecular weight is 165 g/mol. The number of fused-ring (bicyclic) bond motifs is 1. The number of hydrogen-bond donors (Lipinski definition) is 1. The Morgan fingerprint density at radius 2 is 2.58 bits per heavy atom. The third-order valence-corrected chi connectivity index (χ3v) is 2.34. The van der Waals surface area contributed by atoms with Gasteiger partial charge in [-0.1, -0.05) is 0 Å². The summed E-state index contributed by atoms with van der Waals surface area (Å²) in [7, 11) is 0. The number of aromatic nitrogens is 1. The molecule has 2 rings (SSSR count). The van der Waals surface area contributed by atoms with Crippen LogP contribution in [0.15, 0.2) is 18.3 Å². The second kappa shape index (κ2) is 2.66. The molecule has 1 aromatic rings. The molecule has 0 bridgehead atoms. The van der Waals surface area contributed by atoms with E-state index >= 15 is 0 Å². The van der Waals surface area contributed by atoms with E-state index in [-0.39, 0.29) is 0 Å². The Morgan fingerprint density at radius 3 is 3.25 bits per heavy atom. The van der Waals surface area contributed by atoms with Crippen LogP contribution >= 0.6 is 0 Å². The monoisotopic (exact) mass is 165 g/mol. The van der Waals surface area contributed by atoms with Gasteiger partial charge in [0.2, 0.25) is 0 Å². The Hall–Kier alpha value is -1.25. The Bertz CT molecular complexity index is 283. The summed E-state index contributed by atoms with van der Waals surface area (Å²) in [6.07, 6.45) is 3.22. The molecule has 1 aliphatic heterocycles. The summed E-state index contributed by atoms with van der Waals surface area (Å²) in [5.41, 5.74) is 1.27. The fourth-order valence-corrected chi connectivity index (χ4v) is 1.84. The highest BCUT2D eigenvalue weighted by Crippen LogP contribution is 2.23. The number of hydrogen-bond acceptors (Lipinski definition) is 1. The van der Waals surface area contributed by atoms with Gasteiger partial charge in [0.15, 0.2) is 0 Å². The van der Waals surface area contributed by atoms with E-state index in [1.165, 1.54) is 5.69 Å². The smallest absolute Gasteiger partial charge is 0.303 e. The van der Waals surface area contributed by atoms with Gasteiger partial charge in [-0.3, -0.25) is 4.79 Å². The minimum atomic E-state index is -0.689. The highest BCUT2D eigenvalue weighted by molar-refractivity contribution is 5.67. The molecule has 0 aromatic carbocycles. The van der Waals surface area contributed by atoms with E-state index in [0.29, 0.717) is 12.3 Å². The number of aliphatic carboxylic acids is 1. The summed E-state index contributed by atoms with van der Waals surface area (Å²) < 4.78 is 2.13. The van der Waals surface area contributed by atoms with Crippen molar-refractivity contribution in [2.24, 2.45) is 5.92 Å². The van der Waals surface area contributed by atoms with Crippen LogP contribution in [-0.2, 0) is 17.8 Å². The molecule has 1 N–H and O–H groups in total. The van der Waals surface area contributed by atoms with Crippen molar-refractivity contribution in [2.75, 3.05) is 0 Å². The van der Waals surface area contributed by atoms with E-state index in [2.05, 4.69) is 10.6 Å². The summed E-state index contributed by atoms with van der Waals surface area (Å²) in [5.74, 6) is -0.385. The Labute approximate surface area is 70.6 Å². The zero-order valence-corrected chi connectivity index (χ0v) is 6.73. The summed E-state index contributed by atoms with van der Waals surface area (Å²) in [5, 5.41) is 8.58. The zero-order valence-electron chi connectivity index (χ0n) is 6.73. The predicted octanol–water partition coefficient (Wildman–Crippen LogP) is 1.14. The third-order valence-electron chi connectivity index (χ3n) is 2.34. The fraction of sp³-hybridized carbons (Fsp3) is 0.444. The van der Waals surface area contributed by atoms with Crippen LogP contribution in [0.1, 0.15) is 12.1 Å². The first kappa shape index (κ1) is 7.40. The van der Waals surface area contributed by atoms with Gasteiger partial charge in [-0.2, -0.15) is 0 Å². The maximum atomic E-state index is 10.4. The van der Waals surface area contributed by atoms with Gasteiger partial charge >= 0.3 is 5.97 Å². The molecule has 0 aliphatic carbocycles. The van der Waals surface area contributed by atoms with Crippen LogP contribution in [0.25, 0.3) is 0 Å². The highest BCUT2D eigenvalue weighted by Gasteiger charge is 2.22. The van der Waals surface area contributed by atoms with Crippen molar-refractivity contribution in [1.29, 1.82) is 0 Å². The number of carbonyl (C=O) groups is 1. The van der Waals surface area contributed by atoms with Crippen molar-refractivity contribution in [1.82, 2.24) is 4.57 Å². The average Bonchev–Trinajstić information content (AvgIpc) is 2.43. The van der Waals surface area contributed by atoms with Gasteiger partial charge in [0.25, 0.3) is 0 Å². The van der Waals surface area contributed by atoms with E-state index in [9.17, 15) is 4.79 Å². The molecule has 1 atom stereocenters. The van der Waals surface area contributed by atoms with Gasteiger partial charge < -0.3 is 9.67 Å². The quantitative estimate of drug-likeness (QED) is 0.713. The number of rotatable bonds is 2. The maximum Gasteiger partial charge on any atom is 0.303 e. The molecule has 0 fully saturated rings. The van der Waals surface area contributed by atoms with Crippen LogP contribution in [0.3, 0.4) is 0 Å². The van der Waals surface area contributed by atoms with Crippen molar-refractivity contribution in [3.05, 3.63) is 24.0 Å². The van der Waals surface area contributed by atoms with E-state index in [4.69, 9.17) is 5.11 Å². The van der Waals surface area contributed by atoms with Crippen molar-refractivity contribution in [2.45, 2.75) is 19.4 Å². The van der Waals surface area contributed by atoms with Crippen LogP contribution in [0.2, 0.25) is 0 Å². The molecule has 0 saturated heterocycles. The highest BCUT2D eigenvalue weighted by atomic mass is 16.4. The summed E-state index contributed by atoms with van der Waals surface area (Å²) in [4.78, 5) is 10.4. The summed E-state index contributed by atoms with van der Waals surface area (Å²) in [6.45, 7) is 0.870. The largest absolute Gasteiger partial charge is 0.481 e. The minimum Gasteiger partial charge on any atom is -0.481 e. The standard InChI is InChI=1S/C9H11NO2/c11-9(12)5-7-4-8-2-1-3-10(8)6-7/h1-3,7H,4-6H2,(H,11,12). The normalized spacial score (nSPS) is 20.8. The second-order valence-corrected chi connectivity index (χ2v) is 3.32. The molecule has 0 saturated carbocycles. The Kier molecular flexibility index (Phi) is 1.64. The van der Waals surface area contributed by atoms with Crippen molar-refractivity contribution >= 4 is 5.97 Å². The van der Waals surface area contributed by atoms with Gasteiger partial charge in [0, 0.05) is 18.4 Å². The first-order valence-electron chi connectivity index (χ1n) is 4.11. The van der Waals surface area contributed by atoms with Crippen LogP contribution in [0.4, 0.5) is 0 Å². The molecule has 1 unspecified atom stereocenters. The molecule has 0 spiro atoms. The minimum absolute atomic E-state index is 0.293. The second-order valence-electron chi connectivity index (χ2n) is 3.32. The van der Waals surface area contributed by atoms with Crippen LogP contribution in [-0.4, -0.2) is 15.6 Å². The lowest BCUT2D eigenvalue weighted by molar-refractivity contribution is -0.138. The summed E-state index contributed by atoms with van der Waals surface area (Å²) >= 11 is 0. The van der Waals surface area contributed by atoms with Gasteiger partial charge in [0.1, 0.15) is 0 Å². The molecule has 0 radical (unpaired) electrons. The number of carboxylic acid groups (broad SMARTS) is 1. The van der Waals surface area contributed by atoms with Gasteiger partial charge in [0.05, 0.1) is 6.42 Å². The Balaban J connectivity index is 2.03. The maximum absolute atomic E-state index is 10.4. The molecule has 64 valence electrons. The van der Waals surface area contributed by atoms with Crippen molar-refractivity contribution in [3.8, 4) is 0 Å². The van der Waals surface area contributed by atoms with Gasteiger partial charge in [-0.25, -0.2) is 0 Å². The fourth-order valence-electron chi connectivity index (χ4n) is 1.84. The first-order chi connectivity index (χ1) is 5.75. The molecular weight excluding hydrogens is 154 g/mol. The number of nitrogens with zero attached hydrogens (tertiary/aromatic N) is 1. The summed E-state index contributed by atoms with van der Waals surface area (Å²) in [6, 6.07) is 4.06. The van der Waals surface area contributed by atoms with Crippen molar-refractivity contribution in [3.63, 3.8) is 0 Å². The molecule has 1 aliphatic rings. The predicted molar refractivity (Wildman–Crippen MR) is 43.9 cm³/mol. The zero-order chi connectivity index (χ0) is 8.55. The van der Waals surface area contributed by atoms with Crippen molar-refractivity contribution < 1.29 is 9.90 Å². The van der Waals surface area contributed by atoms with Gasteiger partial charge in [-0.05, 0) is 24.5 Å². The molecular formula is C9H11NO2. The lowest BCUT2D eigenvalue weighted by atomic mass is 10.0. The SMILES string of the molecule is O=C(O)CC1Cc2cccn2C1. The molecule has 3 nitrogen and oxygen atoms in total.